The molecule has 2 rings (SSSR count). The van der Waals surface area contributed by atoms with Crippen LogP contribution in [-0.2, 0) is 6.54 Å². The van der Waals surface area contributed by atoms with Crippen molar-refractivity contribution in [3.05, 3.63) is 28.9 Å². The molecule has 21 heavy (non-hydrogen) atoms. The lowest BCUT2D eigenvalue weighted by atomic mass is 10.2. The molecule has 0 atom stereocenters. The summed E-state index contributed by atoms with van der Waals surface area (Å²) >= 11 is 1.20. The normalized spacial score (nSPS) is 10.1. The standard InChI is InChI=1S/C13H16N6OS/c1-18(2)13(20)11-10(15)9(8-14)12(21-11)16-5-7-19-6-3-4-17-19/h3-4,6,16H,5,7,15H2,1-2H3. The zero-order valence-electron chi connectivity index (χ0n) is 11.8. The van der Waals surface area contributed by atoms with E-state index in [4.69, 9.17) is 5.73 Å². The molecule has 0 fully saturated rings. The molecule has 0 aromatic carbocycles. The van der Waals surface area contributed by atoms with Gasteiger partial charge in [-0.15, -0.1) is 11.3 Å². The molecule has 7 nitrogen and oxygen atoms in total. The van der Waals surface area contributed by atoms with Gasteiger partial charge in [-0.05, 0) is 6.07 Å². The van der Waals surface area contributed by atoms with Crippen LogP contribution in [0.2, 0.25) is 0 Å². The lowest BCUT2D eigenvalue weighted by Crippen LogP contribution is -2.21. The molecule has 0 saturated carbocycles. The number of carbonyl (C=O) groups excluding carboxylic acids is 1. The summed E-state index contributed by atoms with van der Waals surface area (Å²) in [4.78, 5) is 13.8. The van der Waals surface area contributed by atoms with Gasteiger partial charge < -0.3 is 16.0 Å². The lowest BCUT2D eigenvalue weighted by Gasteiger charge is -2.08. The molecule has 0 unspecified atom stereocenters. The highest BCUT2D eigenvalue weighted by molar-refractivity contribution is 7.18. The van der Waals surface area contributed by atoms with Crippen molar-refractivity contribution in [1.82, 2.24) is 14.7 Å². The Kier molecular flexibility index (Phi) is 4.45. The maximum atomic E-state index is 12.0. The molecule has 1 amide bonds. The number of rotatable bonds is 5. The van der Waals surface area contributed by atoms with Gasteiger partial charge in [0, 0.05) is 33.0 Å². The van der Waals surface area contributed by atoms with E-state index in [1.807, 2.05) is 12.3 Å². The van der Waals surface area contributed by atoms with Gasteiger partial charge in [0.05, 0.1) is 12.2 Å². The SMILES string of the molecule is CN(C)C(=O)c1sc(NCCn2cccn2)c(C#N)c1N. The van der Waals surface area contributed by atoms with E-state index in [-0.39, 0.29) is 11.6 Å². The summed E-state index contributed by atoms with van der Waals surface area (Å²) in [5, 5.41) is 17.1. The van der Waals surface area contributed by atoms with Crippen molar-refractivity contribution in [2.45, 2.75) is 6.54 Å². The van der Waals surface area contributed by atoms with E-state index in [2.05, 4.69) is 16.5 Å². The Morgan fingerprint density at radius 3 is 2.95 bits per heavy atom. The summed E-state index contributed by atoms with van der Waals surface area (Å²) < 4.78 is 1.78. The largest absolute Gasteiger partial charge is 0.396 e. The number of nitrogens with zero attached hydrogens (tertiary/aromatic N) is 4. The Hall–Kier alpha value is -2.53. The quantitative estimate of drug-likeness (QED) is 0.865. The number of hydrogen-bond donors (Lipinski definition) is 2. The maximum absolute atomic E-state index is 12.0. The molecule has 0 bridgehead atoms. The van der Waals surface area contributed by atoms with Crippen molar-refractivity contribution in [3.63, 3.8) is 0 Å². The Labute approximate surface area is 126 Å². The smallest absolute Gasteiger partial charge is 0.265 e. The van der Waals surface area contributed by atoms with Gasteiger partial charge in [-0.1, -0.05) is 0 Å². The van der Waals surface area contributed by atoms with E-state index in [9.17, 15) is 10.1 Å². The zero-order valence-corrected chi connectivity index (χ0v) is 12.6. The average Bonchev–Trinajstić information content (AvgIpc) is 3.06. The molecule has 110 valence electrons. The van der Waals surface area contributed by atoms with Crippen LogP contribution in [0.25, 0.3) is 0 Å². The van der Waals surface area contributed by atoms with Gasteiger partial charge >= 0.3 is 0 Å². The molecule has 2 aromatic rings. The fourth-order valence-corrected chi connectivity index (χ4v) is 2.88. The molecule has 0 aliphatic rings. The van der Waals surface area contributed by atoms with Crippen LogP contribution in [0.5, 0.6) is 0 Å². The first kappa shape index (κ1) is 14.9. The zero-order chi connectivity index (χ0) is 15.4. The third kappa shape index (κ3) is 3.14. The molecule has 0 radical (unpaired) electrons. The Balaban J connectivity index is 2.14. The second kappa shape index (κ2) is 6.28. The second-order valence-corrected chi connectivity index (χ2v) is 5.58. The number of anilines is 2. The molecule has 0 aliphatic heterocycles. The first-order chi connectivity index (χ1) is 10.0. The predicted octanol–water partition coefficient (Wildman–Crippen LogP) is 1.21. The van der Waals surface area contributed by atoms with Gasteiger partial charge in [0.2, 0.25) is 0 Å². The molecule has 8 heteroatoms. The number of hydrogen-bond acceptors (Lipinski definition) is 6. The second-order valence-electron chi connectivity index (χ2n) is 4.56. The van der Waals surface area contributed by atoms with E-state index < -0.39 is 0 Å². The number of nitrogen functional groups attached to an aromatic ring is 1. The number of nitrogens with one attached hydrogen (secondary N) is 1. The summed E-state index contributed by atoms with van der Waals surface area (Å²) in [6, 6.07) is 3.90. The van der Waals surface area contributed by atoms with Gasteiger partial charge in [-0.25, -0.2) is 0 Å². The summed E-state index contributed by atoms with van der Waals surface area (Å²) in [6.45, 7) is 1.25. The molecular weight excluding hydrogens is 288 g/mol. The minimum Gasteiger partial charge on any atom is -0.396 e. The summed E-state index contributed by atoms with van der Waals surface area (Å²) in [6.07, 6.45) is 3.56. The number of amides is 1. The summed E-state index contributed by atoms with van der Waals surface area (Å²) in [5.74, 6) is -0.200. The van der Waals surface area contributed by atoms with E-state index in [0.717, 1.165) is 0 Å². The molecule has 2 heterocycles. The van der Waals surface area contributed by atoms with Crippen molar-refractivity contribution in [1.29, 1.82) is 5.26 Å². The van der Waals surface area contributed by atoms with Gasteiger partial charge in [0.1, 0.15) is 21.5 Å². The number of aromatic nitrogens is 2. The molecular formula is C13H16N6OS. The van der Waals surface area contributed by atoms with Gasteiger partial charge in [0.25, 0.3) is 5.91 Å². The van der Waals surface area contributed by atoms with Crippen molar-refractivity contribution in [2.75, 3.05) is 31.7 Å². The van der Waals surface area contributed by atoms with Gasteiger partial charge in [-0.2, -0.15) is 10.4 Å². The predicted molar refractivity (Wildman–Crippen MR) is 82.2 cm³/mol. The van der Waals surface area contributed by atoms with E-state index in [0.29, 0.717) is 28.5 Å². The van der Waals surface area contributed by atoms with Crippen LogP contribution >= 0.6 is 11.3 Å². The van der Waals surface area contributed by atoms with Crippen LogP contribution in [0, 0.1) is 11.3 Å². The topological polar surface area (TPSA) is 100.0 Å². The first-order valence-electron chi connectivity index (χ1n) is 6.30. The minimum atomic E-state index is -0.200. The fraction of sp³-hybridized carbons (Fsp3) is 0.308. The van der Waals surface area contributed by atoms with Crippen LogP contribution in [0.15, 0.2) is 18.5 Å². The highest BCUT2D eigenvalue weighted by Gasteiger charge is 2.21. The van der Waals surface area contributed by atoms with Crippen molar-refractivity contribution < 1.29 is 4.79 Å². The molecule has 3 N–H and O–H groups in total. The minimum absolute atomic E-state index is 0.200. The maximum Gasteiger partial charge on any atom is 0.265 e. The highest BCUT2D eigenvalue weighted by atomic mass is 32.1. The van der Waals surface area contributed by atoms with Crippen LogP contribution in [0.4, 0.5) is 10.7 Å². The van der Waals surface area contributed by atoms with Crippen LogP contribution < -0.4 is 11.1 Å². The number of carbonyl (C=O) groups is 1. The molecule has 0 aliphatic carbocycles. The first-order valence-corrected chi connectivity index (χ1v) is 7.11. The summed E-state index contributed by atoms with van der Waals surface area (Å²) in [5.41, 5.74) is 6.47. The number of nitriles is 1. The third-order valence-corrected chi connectivity index (χ3v) is 3.99. The van der Waals surface area contributed by atoms with Gasteiger partial charge in [0.15, 0.2) is 0 Å². The monoisotopic (exact) mass is 304 g/mol. The van der Waals surface area contributed by atoms with Crippen molar-refractivity contribution in [2.24, 2.45) is 0 Å². The van der Waals surface area contributed by atoms with E-state index in [1.165, 1.54) is 16.2 Å². The average molecular weight is 304 g/mol. The Bertz CT molecular complexity index is 668. The Morgan fingerprint density at radius 1 is 1.62 bits per heavy atom. The van der Waals surface area contributed by atoms with Crippen molar-refractivity contribution >= 4 is 27.9 Å². The molecule has 0 spiro atoms. The molecule has 2 aromatic heterocycles. The Morgan fingerprint density at radius 2 is 2.38 bits per heavy atom. The number of nitrogens with two attached hydrogens (primary N) is 1. The van der Waals surface area contributed by atoms with Crippen LogP contribution in [0.1, 0.15) is 15.2 Å². The fourth-order valence-electron chi connectivity index (χ4n) is 1.76. The highest BCUT2D eigenvalue weighted by Crippen LogP contribution is 2.35. The van der Waals surface area contributed by atoms with Gasteiger partial charge in [-0.3, -0.25) is 9.48 Å². The lowest BCUT2D eigenvalue weighted by molar-refractivity contribution is 0.0833. The third-order valence-electron chi connectivity index (χ3n) is 2.84. The van der Waals surface area contributed by atoms with E-state index >= 15 is 0 Å². The van der Waals surface area contributed by atoms with Crippen LogP contribution in [0.3, 0.4) is 0 Å². The van der Waals surface area contributed by atoms with Crippen LogP contribution in [-0.4, -0.2) is 41.2 Å². The van der Waals surface area contributed by atoms with E-state index in [1.54, 1.807) is 25.0 Å². The van der Waals surface area contributed by atoms with Crippen molar-refractivity contribution in [3.8, 4) is 6.07 Å². The molecule has 0 saturated heterocycles. The number of thiophene rings is 1. The summed E-state index contributed by atoms with van der Waals surface area (Å²) in [7, 11) is 3.30.